The number of carbonyl (C=O) groups is 4. The largest absolute Gasteiger partial charge is 0.506 e. The van der Waals surface area contributed by atoms with Crippen LogP contribution in [0.1, 0.15) is 25.7 Å². The lowest BCUT2D eigenvalue weighted by Gasteiger charge is -2.34. The van der Waals surface area contributed by atoms with Gasteiger partial charge in [-0.05, 0) is 49.1 Å². The number of aliphatic carboxylic acids is 4. The standard InChI is InChI=1S/C35H34Cl2N2O13/c36-21-10-19-28(12-24(21)40)52-29-13-25(41)22(37)11-20(29)35(19)18-5-6-23(39(16-33(46)47)17-34(48)49)30(9-18)51-27-4-2-1-3-26(27)50-8-7-38(14-31(42)43)15-32(44)45/h5-6,9-13,26-27,40H,1-4,7-8,14-17H2,(H,42,43)(H,44,45)(H,46,47)(H,48,49). The molecular formula is C35H34Cl2N2O13. The number of aromatic hydroxyl groups is 1. The van der Waals surface area contributed by atoms with E-state index in [4.69, 9.17) is 37.1 Å². The summed E-state index contributed by atoms with van der Waals surface area (Å²) in [6, 6.07) is 10.1. The Morgan fingerprint density at radius 3 is 2.08 bits per heavy atom. The fourth-order valence-electron chi connectivity index (χ4n) is 6.27. The number of carboxylic acid groups (broad SMARTS) is 4. The van der Waals surface area contributed by atoms with Crippen LogP contribution in [0.5, 0.6) is 11.5 Å². The minimum Gasteiger partial charge on any atom is -0.506 e. The van der Waals surface area contributed by atoms with E-state index in [1.54, 1.807) is 12.1 Å². The van der Waals surface area contributed by atoms with E-state index in [1.807, 2.05) is 0 Å². The molecule has 0 radical (unpaired) electrons. The molecule has 17 heteroatoms. The number of phenolic OH excluding ortho intramolecular Hbond substituents is 1. The zero-order valence-corrected chi connectivity index (χ0v) is 28.9. The van der Waals surface area contributed by atoms with E-state index in [0.29, 0.717) is 34.9 Å². The van der Waals surface area contributed by atoms with Gasteiger partial charge in [-0.2, -0.15) is 0 Å². The highest BCUT2D eigenvalue weighted by Crippen LogP contribution is 2.45. The van der Waals surface area contributed by atoms with Crippen molar-refractivity contribution in [2.75, 3.05) is 44.2 Å². The highest BCUT2D eigenvalue weighted by atomic mass is 35.5. The van der Waals surface area contributed by atoms with Gasteiger partial charge < -0.3 is 44.3 Å². The van der Waals surface area contributed by atoms with Gasteiger partial charge in [0.2, 0.25) is 5.43 Å². The average molecular weight is 762 g/mol. The molecule has 0 amide bonds. The number of ether oxygens (including phenoxy) is 2. The quantitative estimate of drug-likeness (QED) is 0.0974. The maximum Gasteiger partial charge on any atom is 0.323 e. The summed E-state index contributed by atoms with van der Waals surface area (Å²) < 4.78 is 18.7. The van der Waals surface area contributed by atoms with E-state index in [1.165, 1.54) is 35.2 Å². The molecule has 276 valence electrons. The molecule has 1 aliphatic heterocycles. The van der Waals surface area contributed by atoms with Gasteiger partial charge in [0.25, 0.3) is 0 Å². The van der Waals surface area contributed by atoms with Crippen LogP contribution in [0.2, 0.25) is 10.0 Å². The van der Waals surface area contributed by atoms with Crippen LogP contribution in [0.3, 0.4) is 0 Å². The minimum atomic E-state index is -1.29. The van der Waals surface area contributed by atoms with E-state index in [0.717, 1.165) is 17.7 Å². The summed E-state index contributed by atoms with van der Waals surface area (Å²) in [4.78, 5) is 61.1. The van der Waals surface area contributed by atoms with Crippen molar-refractivity contribution in [3.63, 3.8) is 0 Å². The second-order valence-corrected chi connectivity index (χ2v) is 13.0. The predicted molar refractivity (Wildman–Crippen MR) is 188 cm³/mol. The topological polar surface area (TPSA) is 225 Å². The first-order chi connectivity index (χ1) is 24.7. The Bertz CT molecular complexity index is 2000. The van der Waals surface area contributed by atoms with Gasteiger partial charge in [-0.25, -0.2) is 0 Å². The Morgan fingerprint density at radius 2 is 1.44 bits per heavy atom. The first kappa shape index (κ1) is 38.1. The average Bonchev–Trinajstić information content (AvgIpc) is 3.05. The van der Waals surface area contributed by atoms with E-state index in [9.17, 15) is 49.5 Å². The van der Waals surface area contributed by atoms with Gasteiger partial charge >= 0.3 is 23.9 Å². The lowest BCUT2D eigenvalue weighted by Crippen LogP contribution is -2.41. The van der Waals surface area contributed by atoms with Crippen LogP contribution >= 0.6 is 23.2 Å². The van der Waals surface area contributed by atoms with Crippen molar-refractivity contribution >= 4 is 63.7 Å². The maximum absolute atomic E-state index is 12.5. The van der Waals surface area contributed by atoms with Gasteiger partial charge in [0.1, 0.15) is 42.0 Å². The van der Waals surface area contributed by atoms with Crippen LogP contribution in [0.4, 0.5) is 5.69 Å². The first-order valence-electron chi connectivity index (χ1n) is 16.1. The molecule has 0 spiro atoms. The maximum atomic E-state index is 12.5. The molecule has 5 rings (SSSR count). The Kier molecular flexibility index (Phi) is 12.1. The summed E-state index contributed by atoms with van der Waals surface area (Å²) in [7, 11) is 0. The Balaban J connectivity index is 1.60. The number of anilines is 1. The van der Waals surface area contributed by atoms with E-state index < -0.39 is 67.7 Å². The third kappa shape index (κ3) is 9.22. The highest BCUT2D eigenvalue weighted by Gasteiger charge is 2.31. The zero-order valence-electron chi connectivity index (χ0n) is 27.4. The molecular weight excluding hydrogens is 727 g/mol. The van der Waals surface area contributed by atoms with Crippen molar-refractivity contribution in [1.82, 2.24) is 4.90 Å². The summed E-state index contributed by atoms with van der Waals surface area (Å²) in [5.41, 5.74) is 1.15. The van der Waals surface area contributed by atoms with Crippen LogP contribution in [0.15, 0.2) is 51.7 Å². The van der Waals surface area contributed by atoms with Crippen LogP contribution in [-0.4, -0.2) is 106 Å². The molecule has 2 atom stereocenters. The molecule has 0 aromatic heterocycles. The van der Waals surface area contributed by atoms with Crippen molar-refractivity contribution in [3.8, 4) is 33.9 Å². The predicted octanol–water partition coefficient (Wildman–Crippen LogP) is 4.73. The molecule has 1 fully saturated rings. The molecule has 15 nitrogen and oxygen atoms in total. The van der Waals surface area contributed by atoms with E-state index >= 15 is 0 Å². The number of halogens is 2. The van der Waals surface area contributed by atoms with Gasteiger partial charge in [-0.3, -0.25) is 28.9 Å². The Morgan fingerprint density at radius 1 is 0.808 bits per heavy atom. The number of benzene rings is 3. The van der Waals surface area contributed by atoms with Crippen LogP contribution in [0.25, 0.3) is 33.4 Å². The number of fused-ring (bicyclic) bond motifs is 2. The SMILES string of the molecule is O=C(O)CN(CCOC1CCCCC1Oc1cc(-c2c3cc(Cl)c(=O)cc-3oc3cc(O)c(Cl)cc23)ccc1N(CC(=O)O)CC(=O)O)CC(=O)O. The van der Waals surface area contributed by atoms with Crippen LogP contribution in [-0.2, 0) is 23.9 Å². The van der Waals surface area contributed by atoms with Crippen molar-refractivity contribution < 1.29 is 58.6 Å². The summed E-state index contributed by atoms with van der Waals surface area (Å²) in [6.07, 6.45) is 1.38. The smallest absolute Gasteiger partial charge is 0.323 e. The number of phenols is 1. The number of nitrogens with zero attached hydrogens (tertiary/aromatic N) is 2. The van der Waals surface area contributed by atoms with Crippen molar-refractivity contribution in [2.45, 2.75) is 37.9 Å². The first-order valence-corrected chi connectivity index (χ1v) is 16.8. The van der Waals surface area contributed by atoms with Crippen molar-refractivity contribution in [2.24, 2.45) is 0 Å². The minimum absolute atomic E-state index is 0.00417. The molecule has 1 heterocycles. The van der Waals surface area contributed by atoms with E-state index in [2.05, 4.69) is 0 Å². The third-order valence-corrected chi connectivity index (χ3v) is 9.06. The summed E-state index contributed by atoms with van der Waals surface area (Å²) >= 11 is 12.6. The second kappa shape index (κ2) is 16.5. The molecule has 2 aromatic rings. The lowest BCUT2D eigenvalue weighted by atomic mass is 9.92. The molecule has 3 aliphatic rings. The van der Waals surface area contributed by atoms with Crippen LogP contribution < -0.4 is 15.1 Å². The molecule has 2 unspecified atom stereocenters. The van der Waals surface area contributed by atoms with Gasteiger partial charge in [0.15, 0.2) is 0 Å². The molecule has 2 aliphatic carbocycles. The van der Waals surface area contributed by atoms with E-state index in [-0.39, 0.29) is 51.7 Å². The van der Waals surface area contributed by atoms with Gasteiger partial charge in [-0.15, -0.1) is 0 Å². The molecule has 2 aromatic carbocycles. The highest BCUT2D eigenvalue weighted by molar-refractivity contribution is 6.33. The van der Waals surface area contributed by atoms with Gasteiger partial charge in [0.05, 0.1) is 41.5 Å². The van der Waals surface area contributed by atoms with Crippen LogP contribution in [0, 0.1) is 0 Å². The molecule has 0 saturated heterocycles. The fourth-order valence-corrected chi connectivity index (χ4v) is 6.60. The monoisotopic (exact) mass is 760 g/mol. The van der Waals surface area contributed by atoms with Gasteiger partial charge in [0, 0.05) is 35.2 Å². The summed E-state index contributed by atoms with van der Waals surface area (Å²) in [5, 5.41) is 48.4. The van der Waals surface area contributed by atoms with Crippen molar-refractivity contribution in [3.05, 3.63) is 62.7 Å². The van der Waals surface area contributed by atoms with Gasteiger partial charge in [-0.1, -0.05) is 35.7 Å². The summed E-state index contributed by atoms with van der Waals surface area (Å²) in [6.45, 7) is -2.35. The third-order valence-electron chi connectivity index (χ3n) is 8.46. The Labute approximate surface area is 305 Å². The number of carboxylic acids is 4. The Hall–Kier alpha value is -5.09. The molecule has 0 bridgehead atoms. The van der Waals surface area contributed by atoms with Crippen molar-refractivity contribution in [1.29, 1.82) is 0 Å². The fraction of sp³-hybridized carbons (Fsp3) is 0.343. The number of hydrogen-bond donors (Lipinski definition) is 5. The molecule has 1 saturated carbocycles. The second-order valence-electron chi connectivity index (χ2n) is 12.2. The number of hydrogen-bond acceptors (Lipinski definition) is 11. The molecule has 5 N–H and O–H groups in total. The normalized spacial score (nSPS) is 15.9. The number of rotatable bonds is 16. The summed E-state index contributed by atoms with van der Waals surface area (Å²) in [5.74, 6) is -4.98. The zero-order chi connectivity index (χ0) is 37.7. The molecule has 52 heavy (non-hydrogen) atoms. The lowest BCUT2D eigenvalue weighted by molar-refractivity contribution is -0.143.